The van der Waals surface area contributed by atoms with Gasteiger partial charge in [0.2, 0.25) is 0 Å². The third kappa shape index (κ3) is 3.94. The standard InChI is InChI=1S/C52H47N/c1-32-25-34-27-33(2)52(39(26-32)28-34)44-16-10-9-15-42(44)43-19-18-40(30-45(43)52)53-47-21-17-37(35-11-5-3-6-12-35)29-46(47)51-24-23-38(31-51)49-41(20-22-48(53)50(49)51)36-13-7-4-8-14-36/h3-22,29-30,32-34,38-39H,23-28,31H2,1-2H3. The van der Waals surface area contributed by atoms with Crippen molar-refractivity contribution in [3.05, 3.63) is 161 Å². The molecule has 3 fully saturated rings. The number of nitrogens with zero attached hydrogens (tertiary/aromatic N) is 1. The van der Waals surface area contributed by atoms with Crippen LogP contribution in [0.5, 0.6) is 0 Å². The molecule has 6 aromatic carbocycles. The third-order valence-electron chi connectivity index (χ3n) is 15.3. The Hall–Kier alpha value is -4.88. The fourth-order valence-corrected chi connectivity index (χ4v) is 13.7. The van der Waals surface area contributed by atoms with Gasteiger partial charge in [-0.15, -0.1) is 0 Å². The van der Waals surface area contributed by atoms with Crippen LogP contribution in [-0.2, 0) is 10.8 Å². The highest BCUT2D eigenvalue weighted by molar-refractivity contribution is 5.94. The zero-order valence-corrected chi connectivity index (χ0v) is 31.0. The molecule has 260 valence electrons. The van der Waals surface area contributed by atoms with Crippen LogP contribution < -0.4 is 4.90 Å². The summed E-state index contributed by atoms with van der Waals surface area (Å²) >= 11 is 0. The van der Waals surface area contributed by atoms with Gasteiger partial charge >= 0.3 is 0 Å². The summed E-state index contributed by atoms with van der Waals surface area (Å²) in [4.78, 5) is 2.69. The Morgan fingerprint density at radius 2 is 1.30 bits per heavy atom. The Morgan fingerprint density at radius 1 is 0.566 bits per heavy atom. The first-order valence-electron chi connectivity index (χ1n) is 20.5. The first kappa shape index (κ1) is 30.6. The molecule has 12 rings (SSSR count). The van der Waals surface area contributed by atoms with Crippen LogP contribution in [0.25, 0.3) is 33.4 Å². The highest BCUT2D eigenvalue weighted by Crippen LogP contribution is 2.70. The lowest BCUT2D eigenvalue weighted by Crippen LogP contribution is -2.49. The van der Waals surface area contributed by atoms with Crippen LogP contribution in [0.1, 0.15) is 92.5 Å². The minimum atomic E-state index is 0.0517. The number of hydrogen-bond acceptors (Lipinski definition) is 1. The molecule has 6 aliphatic rings. The van der Waals surface area contributed by atoms with Crippen molar-refractivity contribution in [1.82, 2.24) is 0 Å². The van der Waals surface area contributed by atoms with E-state index in [4.69, 9.17) is 0 Å². The van der Waals surface area contributed by atoms with Crippen molar-refractivity contribution in [3.8, 4) is 33.4 Å². The van der Waals surface area contributed by atoms with Crippen molar-refractivity contribution in [2.75, 3.05) is 4.90 Å². The predicted octanol–water partition coefficient (Wildman–Crippen LogP) is 13.7. The molecule has 0 N–H and O–H groups in total. The summed E-state index contributed by atoms with van der Waals surface area (Å²) in [6.07, 6.45) is 9.19. The second-order valence-electron chi connectivity index (χ2n) is 17.9. The summed E-state index contributed by atoms with van der Waals surface area (Å²) < 4.78 is 0. The summed E-state index contributed by atoms with van der Waals surface area (Å²) in [5, 5.41) is 0. The van der Waals surface area contributed by atoms with Crippen LogP contribution in [0.2, 0.25) is 0 Å². The molecular weight excluding hydrogens is 639 g/mol. The van der Waals surface area contributed by atoms with E-state index in [0.29, 0.717) is 17.8 Å². The van der Waals surface area contributed by atoms with Gasteiger partial charge in [0.1, 0.15) is 0 Å². The van der Waals surface area contributed by atoms with Gasteiger partial charge in [-0.3, -0.25) is 0 Å². The molecule has 3 saturated carbocycles. The molecule has 0 saturated heterocycles. The minimum absolute atomic E-state index is 0.0517. The van der Waals surface area contributed by atoms with Crippen LogP contribution in [0.3, 0.4) is 0 Å². The first-order valence-corrected chi connectivity index (χ1v) is 20.5. The zero-order chi connectivity index (χ0) is 35.1. The number of fused-ring (bicyclic) bond motifs is 11. The molecule has 0 radical (unpaired) electrons. The van der Waals surface area contributed by atoms with Gasteiger partial charge in [-0.05, 0) is 166 Å². The van der Waals surface area contributed by atoms with Crippen LogP contribution in [0.15, 0.2) is 133 Å². The molecular formula is C52H47N. The monoisotopic (exact) mass is 685 g/mol. The number of benzene rings is 6. The molecule has 2 spiro atoms. The van der Waals surface area contributed by atoms with Gasteiger partial charge in [0, 0.05) is 16.5 Å². The Labute approximate surface area is 314 Å². The lowest BCUT2D eigenvalue weighted by atomic mass is 9.49. The molecule has 7 unspecified atom stereocenters. The van der Waals surface area contributed by atoms with Crippen molar-refractivity contribution in [3.63, 3.8) is 0 Å². The Kier molecular flexibility index (Phi) is 6.26. The molecule has 5 aliphatic carbocycles. The second kappa shape index (κ2) is 10.8. The van der Waals surface area contributed by atoms with Gasteiger partial charge in [0.05, 0.1) is 11.4 Å². The lowest BCUT2D eigenvalue weighted by Gasteiger charge is -2.54. The van der Waals surface area contributed by atoms with Crippen molar-refractivity contribution < 1.29 is 0 Å². The van der Waals surface area contributed by atoms with E-state index in [1.807, 2.05) is 0 Å². The fraction of sp³-hybridized carbons (Fsp3) is 0.308. The van der Waals surface area contributed by atoms with Crippen LogP contribution >= 0.6 is 0 Å². The van der Waals surface area contributed by atoms with E-state index in [2.05, 4.69) is 152 Å². The highest BCUT2D eigenvalue weighted by Gasteiger charge is 2.58. The van der Waals surface area contributed by atoms with E-state index in [9.17, 15) is 0 Å². The van der Waals surface area contributed by atoms with Crippen LogP contribution in [-0.4, -0.2) is 0 Å². The predicted molar refractivity (Wildman–Crippen MR) is 219 cm³/mol. The fourth-order valence-electron chi connectivity index (χ4n) is 13.7. The van der Waals surface area contributed by atoms with E-state index in [-0.39, 0.29) is 10.8 Å². The maximum atomic E-state index is 2.69. The first-order chi connectivity index (χ1) is 26.0. The maximum Gasteiger partial charge on any atom is 0.0506 e. The van der Waals surface area contributed by atoms with Crippen molar-refractivity contribution in [1.29, 1.82) is 0 Å². The van der Waals surface area contributed by atoms with Gasteiger partial charge in [-0.1, -0.05) is 117 Å². The molecule has 0 amide bonds. The SMILES string of the molecule is CC1CC2CC(C)C3(c4ccccc4-c4ccc(N5c6ccc(-c7ccccc7)cc6C67CCC(C6)c6c(-c8ccccc8)ccc5c67)cc43)C(C1)C2. The molecule has 1 heterocycles. The Balaban J connectivity index is 1.11. The molecule has 53 heavy (non-hydrogen) atoms. The smallest absolute Gasteiger partial charge is 0.0506 e. The van der Waals surface area contributed by atoms with Gasteiger partial charge in [0.15, 0.2) is 0 Å². The van der Waals surface area contributed by atoms with Gasteiger partial charge in [0.25, 0.3) is 0 Å². The average Bonchev–Trinajstić information content (AvgIpc) is 3.87. The van der Waals surface area contributed by atoms with E-state index >= 15 is 0 Å². The Bertz CT molecular complexity index is 2460. The number of rotatable bonds is 3. The van der Waals surface area contributed by atoms with Crippen molar-refractivity contribution in [2.24, 2.45) is 23.7 Å². The normalized spacial score (nSPS) is 29.5. The topological polar surface area (TPSA) is 3.24 Å². The molecule has 6 aromatic rings. The molecule has 1 heteroatoms. The van der Waals surface area contributed by atoms with E-state index in [1.54, 1.807) is 22.3 Å². The van der Waals surface area contributed by atoms with Gasteiger partial charge < -0.3 is 4.90 Å². The highest BCUT2D eigenvalue weighted by atomic mass is 15.2. The number of hydrogen-bond donors (Lipinski definition) is 0. The molecule has 7 atom stereocenters. The lowest BCUT2D eigenvalue weighted by molar-refractivity contribution is 0.0426. The van der Waals surface area contributed by atoms with Crippen LogP contribution in [0, 0.1) is 23.7 Å². The van der Waals surface area contributed by atoms with E-state index in [0.717, 1.165) is 11.8 Å². The van der Waals surface area contributed by atoms with Crippen molar-refractivity contribution in [2.45, 2.75) is 75.5 Å². The summed E-state index contributed by atoms with van der Waals surface area (Å²) in [6.45, 7) is 5.13. The number of anilines is 3. The molecule has 1 aliphatic heterocycles. The summed E-state index contributed by atoms with van der Waals surface area (Å²) in [5.74, 6) is 3.57. The maximum absolute atomic E-state index is 2.69. The summed E-state index contributed by atoms with van der Waals surface area (Å²) in [7, 11) is 0. The molecule has 1 nitrogen and oxygen atoms in total. The summed E-state index contributed by atoms with van der Waals surface area (Å²) in [5.41, 5.74) is 20.6. The third-order valence-corrected chi connectivity index (χ3v) is 15.3. The average molecular weight is 686 g/mol. The van der Waals surface area contributed by atoms with Crippen molar-refractivity contribution >= 4 is 17.1 Å². The molecule has 0 aromatic heterocycles. The van der Waals surface area contributed by atoms with E-state index < -0.39 is 0 Å². The van der Waals surface area contributed by atoms with Crippen LogP contribution in [0.4, 0.5) is 17.1 Å². The van der Waals surface area contributed by atoms with E-state index in [1.165, 1.54) is 101 Å². The van der Waals surface area contributed by atoms with Gasteiger partial charge in [-0.2, -0.15) is 0 Å². The minimum Gasteiger partial charge on any atom is -0.310 e. The molecule has 4 bridgehead atoms. The zero-order valence-electron chi connectivity index (χ0n) is 31.0. The summed E-state index contributed by atoms with van der Waals surface area (Å²) in [6, 6.07) is 51.8. The second-order valence-corrected chi connectivity index (χ2v) is 17.9. The largest absolute Gasteiger partial charge is 0.310 e. The van der Waals surface area contributed by atoms with Gasteiger partial charge in [-0.25, -0.2) is 0 Å². The Morgan fingerprint density at radius 3 is 2.15 bits per heavy atom. The quantitative estimate of drug-likeness (QED) is 0.179.